The Morgan fingerprint density at radius 2 is 1.82 bits per heavy atom. The van der Waals surface area contributed by atoms with Gasteiger partial charge in [-0.15, -0.1) is 0 Å². The second kappa shape index (κ2) is 7.98. The van der Waals surface area contributed by atoms with E-state index in [0.29, 0.717) is 0 Å². The Bertz CT molecular complexity index is 75.7. The van der Waals surface area contributed by atoms with Crippen molar-refractivity contribution >= 4 is 0 Å². The maximum atomic E-state index is 5.66. The van der Waals surface area contributed by atoms with Crippen LogP contribution in [0.15, 0.2) is 0 Å². The van der Waals surface area contributed by atoms with Crippen LogP contribution < -0.4 is 11.2 Å². The largest absolute Gasteiger partial charge is 0.315 e. The van der Waals surface area contributed by atoms with Gasteiger partial charge in [0.1, 0.15) is 0 Å². The average Bonchev–Trinajstić information content (AvgIpc) is 1.99. The maximum Gasteiger partial charge on any atom is 0.0253 e. The first kappa shape index (κ1) is 10.9. The van der Waals surface area contributed by atoms with Gasteiger partial charge in [-0.05, 0) is 19.4 Å². The van der Waals surface area contributed by atoms with E-state index in [2.05, 4.69) is 19.2 Å². The van der Waals surface area contributed by atoms with E-state index in [9.17, 15) is 0 Å². The van der Waals surface area contributed by atoms with Gasteiger partial charge in [-0.1, -0.05) is 13.8 Å². The first-order valence-corrected chi connectivity index (χ1v) is 4.51. The molecule has 0 aliphatic heterocycles. The number of hydrogen-bond donors (Lipinski definition) is 2. The molecule has 68 valence electrons. The molecule has 0 radical (unpaired) electrons. The number of nitrogens with zero attached hydrogens (tertiary/aromatic N) is 1. The zero-order valence-electron chi connectivity index (χ0n) is 7.77. The van der Waals surface area contributed by atoms with Crippen LogP contribution in [0.4, 0.5) is 0 Å². The third kappa shape index (κ3) is 7.78. The molecule has 0 aromatic carbocycles. The summed E-state index contributed by atoms with van der Waals surface area (Å²) in [4.78, 5) is 0. The topological polar surface area (TPSA) is 41.3 Å². The molecule has 0 bridgehead atoms. The lowest BCUT2D eigenvalue weighted by molar-refractivity contribution is 0.283. The van der Waals surface area contributed by atoms with Crippen molar-refractivity contribution in [1.82, 2.24) is 10.3 Å². The van der Waals surface area contributed by atoms with Crippen LogP contribution in [-0.4, -0.2) is 31.2 Å². The standard InChI is InChI=1S/C8H21N3/c1-3-5-10-6-8-11(9)7-4-2/h10H,3-9H2,1-2H3. The van der Waals surface area contributed by atoms with Crippen LogP contribution in [0.3, 0.4) is 0 Å². The number of nitrogens with one attached hydrogen (secondary N) is 1. The van der Waals surface area contributed by atoms with Gasteiger partial charge in [-0.2, -0.15) is 0 Å². The van der Waals surface area contributed by atoms with Crippen molar-refractivity contribution in [1.29, 1.82) is 0 Å². The molecule has 0 amide bonds. The Morgan fingerprint density at radius 1 is 1.09 bits per heavy atom. The third-order valence-corrected chi connectivity index (χ3v) is 1.51. The van der Waals surface area contributed by atoms with Crippen molar-refractivity contribution in [3.8, 4) is 0 Å². The fourth-order valence-corrected chi connectivity index (χ4v) is 0.923. The number of rotatable bonds is 7. The lowest BCUT2D eigenvalue weighted by Crippen LogP contribution is -2.37. The Kier molecular flexibility index (Phi) is 7.89. The minimum absolute atomic E-state index is 0.952. The molecule has 0 rings (SSSR count). The normalized spacial score (nSPS) is 10.9. The predicted molar refractivity (Wildman–Crippen MR) is 49.2 cm³/mol. The summed E-state index contributed by atoms with van der Waals surface area (Å²) in [5.41, 5.74) is 0. The van der Waals surface area contributed by atoms with Gasteiger partial charge in [0, 0.05) is 19.6 Å². The summed E-state index contributed by atoms with van der Waals surface area (Å²) in [6.07, 6.45) is 2.32. The smallest absolute Gasteiger partial charge is 0.0253 e. The lowest BCUT2D eigenvalue weighted by atomic mass is 10.4. The van der Waals surface area contributed by atoms with Crippen molar-refractivity contribution in [3.63, 3.8) is 0 Å². The summed E-state index contributed by atoms with van der Waals surface area (Å²) in [7, 11) is 0. The molecule has 0 atom stereocenters. The van der Waals surface area contributed by atoms with Gasteiger partial charge in [0.25, 0.3) is 0 Å². The molecule has 3 N–H and O–H groups in total. The molecular formula is C8H21N3. The highest BCUT2D eigenvalue weighted by atomic mass is 15.4. The second-order valence-corrected chi connectivity index (χ2v) is 2.79. The lowest BCUT2D eigenvalue weighted by Gasteiger charge is -2.14. The van der Waals surface area contributed by atoms with Crippen LogP contribution in [0.2, 0.25) is 0 Å². The van der Waals surface area contributed by atoms with Gasteiger partial charge in [0.2, 0.25) is 0 Å². The van der Waals surface area contributed by atoms with Gasteiger partial charge in [0.15, 0.2) is 0 Å². The van der Waals surface area contributed by atoms with E-state index in [1.807, 2.05) is 5.01 Å². The SMILES string of the molecule is CCCNCCN(N)CCC. The summed E-state index contributed by atoms with van der Waals surface area (Å²) >= 11 is 0. The van der Waals surface area contributed by atoms with E-state index < -0.39 is 0 Å². The monoisotopic (exact) mass is 159 g/mol. The van der Waals surface area contributed by atoms with Gasteiger partial charge < -0.3 is 5.32 Å². The molecule has 11 heavy (non-hydrogen) atoms. The fourth-order valence-electron chi connectivity index (χ4n) is 0.923. The summed E-state index contributed by atoms with van der Waals surface area (Å²) in [5.74, 6) is 5.66. The molecule has 0 aromatic heterocycles. The van der Waals surface area contributed by atoms with E-state index in [0.717, 1.165) is 32.6 Å². The van der Waals surface area contributed by atoms with Gasteiger partial charge in [-0.3, -0.25) is 5.84 Å². The van der Waals surface area contributed by atoms with E-state index in [4.69, 9.17) is 5.84 Å². The van der Waals surface area contributed by atoms with Crippen molar-refractivity contribution in [3.05, 3.63) is 0 Å². The van der Waals surface area contributed by atoms with Crippen LogP contribution in [0, 0.1) is 0 Å². The Balaban J connectivity index is 2.97. The second-order valence-electron chi connectivity index (χ2n) is 2.79. The quantitative estimate of drug-likeness (QED) is 0.324. The van der Waals surface area contributed by atoms with Crippen molar-refractivity contribution in [2.75, 3.05) is 26.2 Å². The van der Waals surface area contributed by atoms with Crippen LogP contribution in [-0.2, 0) is 0 Å². The highest BCUT2D eigenvalue weighted by Crippen LogP contribution is 1.80. The molecule has 0 heterocycles. The van der Waals surface area contributed by atoms with Crippen molar-refractivity contribution in [2.24, 2.45) is 5.84 Å². The molecule has 3 heteroatoms. The Morgan fingerprint density at radius 3 is 2.36 bits per heavy atom. The molecular weight excluding hydrogens is 138 g/mol. The minimum atomic E-state index is 0.952. The summed E-state index contributed by atoms with van der Waals surface area (Å²) in [6.45, 7) is 8.35. The van der Waals surface area contributed by atoms with Crippen molar-refractivity contribution < 1.29 is 0 Å². The molecule has 0 spiro atoms. The van der Waals surface area contributed by atoms with Crippen LogP contribution in [0.1, 0.15) is 26.7 Å². The van der Waals surface area contributed by atoms with Crippen LogP contribution >= 0.6 is 0 Å². The molecule has 0 saturated heterocycles. The summed E-state index contributed by atoms with van der Waals surface area (Å²) < 4.78 is 0. The highest BCUT2D eigenvalue weighted by molar-refractivity contribution is 4.51. The van der Waals surface area contributed by atoms with E-state index in [1.54, 1.807) is 0 Å². The maximum absolute atomic E-state index is 5.66. The molecule has 0 saturated carbocycles. The predicted octanol–water partition coefficient (Wildman–Crippen LogP) is 0.572. The van der Waals surface area contributed by atoms with Gasteiger partial charge in [-0.25, -0.2) is 5.01 Å². The number of hydrogen-bond acceptors (Lipinski definition) is 3. The zero-order chi connectivity index (χ0) is 8.53. The number of hydrazine groups is 1. The van der Waals surface area contributed by atoms with Gasteiger partial charge in [0.05, 0.1) is 0 Å². The summed E-state index contributed by atoms with van der Waals surface area (Å²) in [5, 5.41) is 5.17. The minimum Gasteiger partial charge on any atom is -0.315 e. The first-order valence-electron chi connectivity index (χ1n) is 4.51. The first-order chi connectivity index (χ1) is 5.31. The zero-order valence-corrected chi connectivity index (χ0v) is 7.77. The van der Waals surface area contributed by atoms with E-state index in [1.165, 1.54) is 6.42 Å². The Hall–Kier alpha value is -0.120. The third-order valence-electron chi connectivity index (χ3n) is 1.51. The van der Waals surface area contributed by atoms with Gasteiger partial charge >= 0.3 is 0 Å². The van der Waals surface area contributed by atoms with E-state index >= 15 is 0 Å². The molecule has 3 nitrogen and oxygen atoms in total. The van der Waals surface area contributed by atoms with Crippen molar-refractivity contribution in [2.45, 2.75) is 26.7 Å². The average molecular weight is 159 g/mol. The fraction of sp³-hybridized carbons (Fsp3) is 1.00. The summed E-state index contributed by atoms with van der Waals surface area (Å²) in [6, 6.07) is 0. The number of nitrogens with two attached hydrogens (primary N) is 1. The highest BCUT2D eigenvalue weighted by Gasteiger charge is 1.94. The molecule has 0 aromatic rings. The van der Waals surface area contributed by atoms with E-state index in [-0.39, 0.29) is 0 Å². The molecule has 0 unspecified atom stereocenters. The van der Waals surface area contributed by atoms with Crippen LogP contribution in [0.5, 0.6) is 0 Å². The Labute approximate surface area is 69.9 Å². The van der Waals surface area contributed by atoms with Crippen LogP contribution in [0.25, 0.3) is 0 Å². The molecule has 0 fully saturated rings. The molecule has 0 aliphatic rings. The molecule has 0 aliphatic carbocycles.